The van der Waals surface area contributed by atoms with Gasteiger partial charge in [0.05, 0.1) is 0 Å². The predicted molar refractivity (Wildman–Crippen MR) is 144 cm³/mol. The largest absolute Gasteiger partial charge is 0.508 e. The summed E-state index contributed by atoms with van der Waals surface area (Å²) in [6, 6.07) is 17.7. The summed E-state index contributed by atoms with van der Waals surface area (Å²) in [5.41, 5.74) is -0.107. The molecule has 2 aromatic heterocycles. The molecule has 0 unspecified atom stereocenters. The number of fused-ring (bicyclic) bond motifs is 2. The summed E-state index contributed by atoms with van der Waals surface area (Å²) >= 11 is 0. The average Bonchev–Trinajstić information content (AvgIpc) is 2.89. The van der Waals surface area contributed by atoms with Crippen molar-refractivity contribution in [1.82, 2.24) is 0 Å². The molecule has 0 aliphatic carbocycles. The Kier molecular flexibility index (Phi) is 5.58. The van der Waals surface area contributed by atoms with Crippen LogP contribution in [-0.2, 0) is 0 Å². The van der Waals surface area contributed by atoms with Gasteiger partial charge in [0.15, 0.2) is 22.4 Å². The van der Waals surface area contributed by atoms with Gasteiger partial charge in [0.1, 0.15) is 62.2 Å². The number of aromatic hydroxyl groups is 5. The van der Waals surface area contributed by atoms with Crippen molar-refractivity contribution in [3.8, 4) is 62.9 Å². The number of phenols is 5. The Hall–Kier alpha value is -5.90. The molecule has 4 aromatic carbocycles. The number of ether oxygens (including phenoxy) is 1. The summed E-state index contributed by atoms with van der Waals surface area (Å²) in [6.07, 6.45) is 0. The number of hydrogen-bond donors (Lipinski definition) is 5. The van der Waals surface area contributed by atoms with Crippen LogP contribution in [0.15, 0.2) is 97.3 Å². The lowest BCUT2D eigenvalue weighted by Gasteiger charge is -2.11. The molecule has 2 heterocycles. The Bertz CT molecular complexity index is 2070. The van der Waals surface area contributed by atoms with E-state index in [0.29, 0.717) is 16.9 Å². The van der Waals surface area contributed by atoms with E-state index in [1.54, 1.807) is 24.3 Å². The van der Waals surface area contributed by atoms with Crippen LogP contribution >= 0.6 is 0 Å². The van der Waals surface area contributed by atoms with Gasteiger partial charge in [0.25, 0.3) is 0 Å². The lowest BCUT2D eigenvalue weighted by molar-refractivity contribution is 0.411. The minimum absolute atomic E-state index is 0.0168. The van der Waals surface area contributed by atoms with Gasteiger partial charge in [-0.25, -0.2) is 0 Å². The molecule has 0 amide bonds. The van der Waals surface area contributed by atoms with E-state index < -0.39 is 16.6 Å². The van der Waals surface area contributed by atoms with Gasteiger partial charge in [0.2, 0.25) is 0 Å². The van der Waals surface area contributed by atoms with Crippen LogP contribution in [0.3, 0.4) is 0 Å². The van der Waals surface area contributed by atoms with Crippen molar-refractivity contribution in [2.75, 3.05) is 0 Å². The smallest absolute Gasteiger partial charge is 0.197 e. The van der Waals surface area contributed by atoms with Gasteiger partial charge in [-0.3, -0.25) is 9.59 Å². The normalized spacial score (nSPS) is 11.2. The Labute approximate surface area is 223 Å². The zero-order valence-electron chi connectivity index (χ0n) is 20.3. The van der Waals surface area contributed by atoms with Crippen LogP contribution in [0.5, 0.6) is 40.2 Å². The summed E-state index contributed by atoms with van der Waals surface area (Å²) < 4.78 is 17.3. The Morgan fingerprint density at radius 1 is 0.525 bits per heavy atom. The zero-order chi connectivity index (χ0) is 28.1. The fourth-order valence-corrected chi connectivity index (χ4v) is 4.36. The molecular weight excluding hydrogens is 520 g/mol. The molecule has 6 rings (SSSR count). The topological polar surface area (TPSA) is 171 Å². The third-order valence-electron chi connectivity index (χ3n) is 6.20. The van der Waals surface area contributed by atoms with Crippen LogP contribution in [0.4, 0.5) is 0 Å². The van der Waals surface area contributed by atoms with Crippen molar-refractivity contribution in [3.05, 3.63) is 99.3 Å². The van der Waals surface area contributed by atoms with E-state index in [1.807, 2.05) is 0 Å². The number of benzene rings is 4. The standard InChI is InChI=1S/C30H18O10/c31-16-8-20(34)29-22(36)12-24(39-27(29)10-16)14-1-4-18(5-2-14)38-26-7-15(3-6-19(26)33)25-13-23(37)30-21(35)9-17(32)11-28(30)40-25/h1-13,31-35H. The summed E-state index contributed by atoms with van der Waals surface area (Å²) in [7, 11) is 0. The van der Waals surface area contributed by atoms with Crippen molar-refractivity contribution in [2.24, 2.45) is 0 Å². The maximum Gasteiger partial charge on any atom is 0.197 e. The second-order valence-electron chi connectivity index (χ2n) is 8.93. The molecule has 0 radical (unpaired) electrons. The van der Waals surface area contributed by atoms with E-state index in [2.05, 4.69) is 0 Å². The fraction of sp³-hybridized carbons (Fsp3) is 0. The molecule has 0 atom stereocenters. The molecule has 10 heteroatoms. The van der Waals surface area contributed by atoms with Gasteiger partial charge in [-0.05, 0) is 42.5 Å². The van der Waals surface area contributed by atoms with Crippen molar-refractivity contribution in [1.29, 1.82) is 0 Å². The molecule has 10 nitrogen and oxygen atoms in total. The van der Waals surface area contributed by atoms with Gasteiger partial charge in [-0.15, -0.1) is 0 Å². The van der Waals surface area contributed by atoms with Crippen molar-refractivity contribution in [2.45, 2.75) is 0 Å². The minimum atomic E-state index is -0.523. The molecule has 0 spiro atoms. The second kappa shape index (κ2) is 9.14. The molecule has 198 valence electrons. The van der Waals surface area contributed by atoms with E-state index in [-0.39, 0.29) is 62.2 Å². The Morgan fingerprint density at radius 2 is 1.02 bits per heavy atom. The Balaban J connectivity index is 1.32. The summed E-state index contributed by atoms with van der Waals surface area (Å²) in [5.74, 6) is -0.828. The molecular formula is C30H18O10. The lowest BCUT2D eigenvalue weighted by Crippen LogP contribution is -2.01. The summed E-state index contributed by atoms with van der Waals surface area (Å²) in [6.45, 7) is 0. The highest BCUT2D eigenvalue weighted by atomic mass is 16.5. The molecule has 0 aliphatic heterocycles. The number of phenolic OH excluding ortho intramolecular Hbond substituents is 5. The lowest BCUT2D eigenvalue weighted by atomic mass is 10.1. The summed E-state index contributed by atoms with van der Waals surface area (Å²) in [4.78, 5) is 25.1. The summed E-state index contributed by atoms with van der Waals surface area (Å²) in [5, 5.41) is 49.7. The minimum Gasteiger partial charge on any atom is -0.508 e. The quantitative estimate of drug-likeness (QED) is 0.192. The Morgan fingerprint density at radius 3 is 1.57 bits per heavy atom. The van der Waals surface area contributed by atoms with E-state index in [0.717, 1.165) is 12.1 Å². The third-order valence-corrected chi connectivity index (χ3v) is 6.20. The van der Waals surface area contributed by atoms with Crippen LogP contribution in [0.2, 0.25) is 0 Å². The second-order valence-corrected chi connectivity index (χ2v) is 8.93. The van der Waals surface area contributed by atoms with E-state index in [1.165, 1.54) is 42.5 Å². The predicted octanol–water partition coefficient (Wildman–Crippen LogP) is 5.55. The number of hydrogen-bond acceptors (Lipinski definition) is 10. The molecule has 0 saturated heterocycles. The van der Waals surface area contributed by atoms with Gasteiger partial charge in [-0.1, -0.05) is 0 Å². The van der Waals surface area contributed by atoms with Crippen LogP contribution in [0.1, 0.15) is 0 Å². The van der Waals surface area contributed by atoms with E-state index in [4.69, 9.17) is 13.6 Å². The van der Waals surface area contributed by atoms with Crippen LogP contribution in [0, 0.1) is 0 Å². The SMILES string of the molecule is O=c1cc(-c2ccc(Oc3cc(-c4cc(=O)c5c(O)cc(O)cc5o4)ccc3O)cc2)oc2cc(O)cc(O)c12. The highest BCUT2D eigenvalue weighted by molar-refractivity contribution is 5.87. The van der Waals surface area contributed by atoms with Gasteiger partial charge >= 0.3 is 0 Å². The first-order chi connectivity index (χ1) is 19.2. The zero-order valence-corrected chi connectivity index (χ0v) is 20.3. The molecule has 0 aliphatic rings. The van der Waals surface area contributed by atoms with Crippen molar-refractivity contribution in [3.63, 3.8) is 0 Å². The van der Waals surface area contributed by atoms with Crippen LogP contribution in [0.25, 0.3) is 44.6 Å². The first-order valence-corrected chi connectivity index (χ1v) is 11.8. The van der Waals surface area contributed by atoms with Crippen LogP contribution in [-0.4, -0.2) is 25.5 Å². The molecule has 0 fully saturated rings. The maximum atomic E-state index is 12.6. The first-order valence-electron chi connectivity index (χ1n) is 11.8. The first kappa shape index (κ1) is 24.4. The molecule has 5 N–H and O–H groups in total. The number of rotatable bonds is 4. The maximum absolute atomic E-state index is 12.6. The van der Waals surface area contributed by atoms with Gasteiger partial charge in [-0.2, -0.15) is 0 Å². The average molecular weight is 538 g/mol. The van der Waals surface area contributed by atoms with E-state index in [9.17, 15) is 35.1 Å². The van der Waals surface area contributed by atoms with Gasteiger partial charge in [0, 0.05) is 47.5 Å². The van der Waals surface area contributed by atoms with Gasteiger partial charge < -0.3 is 39.1 Å². The molecule has 40 heavy (non-hydrogen) atoms. The fourth-order valence-electron chi connectivity index (χ4n) is 4.36. The van der Waals surface area contributed by atoms with Crippen LogP contribution < -0.4 is 15.6 Å². The molecule has 0 saturated carbocycles. The molecule has 0 bridgehead atoms. The monoisotopic (exact) mass is 538 g/mol. The highest BCUT2D eigenvalue weighted by Crippen LogP contribution is 2.37. The highest BCUT2D eigenvalue weighted by Gasteiger charge is 2.15. The van der Waals surface area contributed by atoms with E-state index >= 15 is 0 Å². The molecule has 6 aromatic rings. The van der Waals surface area contributed by atoms with Crippen molar-refractivity contribution >= 4 is 21.9 Å². The van der Waals surface area contributed by atoms with Crippen molar-refractivity contribution < 1.29 is 39.1 Å². The third kappa shape index (κ3) is 4.29.